The van der Waals surface area contributed by atoms with E-state index in [0.29, 0.717) is 22.1 Å². The number of benzene rings is 2. The van der Waals surface area contributed by atoms with Crippen molar-refractivity contribution in [2.75, 3.05) is 19.1 Å². The standard InChI is InChI=1S/C28H30N4O4S2/c1-31(22-9-4-3-5-10-22)38(34,35)24-14-11-20(12-15-24)27(33)32(19-21-8-6-7-17-29-21)28-30-25-16-13-23(36-2)18-26(25)37-28/h6-8,11-18,22H,3-5,9-10,19H2,1-2H3. The van der Waals surface area contributed by atoms with Crippen molar-refractivity contribution in [3.8, 4) is 5.75 Å². The van der Waals surface area contributed by atoms with E-state index in [1.54, 1.807) is 37.4 Å². The fraction of sp³-hybridized carbons (Fsp3) is 0.321. The molecule has 0 radical (unpaired) electrons. The normalized spacial score (nSPS) is 14.6. The summed E-state index contributed by atoms with van der Waals surface area (Å²) in [6.45, 7) is 0.223. The highest BCUT2D eigenvalue weighted by Gasteiger charge is 2.29. The second-order valence-electron chi connectivity index (χ2n) is 9.38. The summed E-state index contributed by atoms with van der Waals surface area (Å²) in [6.07, 6.45) is 6.68. The highest BCUT2D eigenvalue weighted by atomic mass is 32.2. The molecular weight excluding hydrogens is 520 g/mol. The van der Waals surface area contributed by atoms with Gasteiger partial charge in [-0.05, 0) is 67.4 Å². The van der Waals surface area contributed by atoms with Crippen LogP contribution in [0.4, 0.5) is 5.13 Å². The molecule has 0 bridgehead atoms. The van der Waals surface area contributed by atoms with Crippen LogP contribution in [0.1, 0.15) is 48.2 Å². The Morgan fingerprint density at radius 1 is 1.05 bits per heavy atom. The zero-order chi connectivity index (χ0) is 26.7. The molecule has 4 aromatic rings. The fourth-order valence-electron chi connectivity index (χ4n) is 4.75. The number of thiazole rings is 1. The Morgan fingerprint density at radius 3 is 2.50 bits per heavy atom. The predicted molar refractivity (Wildman–Crippen MR) is 149 cm³/mol. The monoisotopic (exact) mass is 550 g/mol. The molecule has 1 aliphatic rings. The highest BCUT2D eigenvalue weighted by molar-refractivity contribution is 7.89. The number of ether oxygens (including phenoxy) is 1. The van der Waals surface area contributed by atoms with Crippen molar-refractivity contribution in [3.05, 3.63) is 78.1 Å². The number of amides is 1. The number of hydrogen-bond acceptors (Lipinski definition) is 7. The van der Waals surface area contributed by atoms with Crippen LogP contribution in [0.3, 0.4) is 0 Å². The highest BCUT2D eigenvalue weighted by Crippen LogP contribution is 2.33. The lowest BCUT2D eigenvalue weighted by Crippen LogP contribution is -2.38. The number of carbonyl (C=O) groups excluding carboxylic acids is 1. The third-order valence-corrected chi connectivity index (χ3v) is 9.94. The van der Waals surface area contributed by atoms with Crippen LogP contribution in [0.15, 0.2) is 71.8 Å². The number of sulfonamides is 1. The molecule has 2 heterocycles. The summed E-state index contributed by atoms with van der Waals surface area (Å²) in [5, 5.41) is 0.526. The van der Waals surface area contributed by atoms with E-state index < -0.39 is 10.0 Å². The molecule has 0 unspecified atom stereocenters. The van der Waals surface area contributed by atoms with Crippen molar-refractivity contribution in [1.29, 1.82) is 0 Å². The van der Waals surface area contributed by atoms with E-state index in [0.717, 1.165) is 42.3 Å². The average Bonchev–Trinajstić information content (AvgIpc) is 3.39. The van der Waals surface area contributed by atoms with Gasteiger partial charge in [0.2, 0.25) is 10.0 Å². The number of rotatable bonds is 8. The molecule has 0 N–H and O–H groups in total. The third kappa shape index (κ3) is 5.43. The Kier molecular flexibility index (Phi) is 7.73. The smallest absolute Gasteiger partial charge is 0.260 e. The number of fused-ring (bicyclic) bond motifs is 1. The van der Waals surface area contributed by atoms with Gasteiger partial charge in [-0.2, -0.15) is 4.31 Å². The maximum absolute atomic E-state index is 13.8. The minimum Gasteiger partial charge on any atom is -0.497 e. The van der Waals surface area contributed by atoms with E-state index in [2.05, 4.69) is 4.98 Å². The second-order valence-corrected chi connectivity index (χ2v) is 12.4. The molecule has 38 heavy (non-hydrogen) atoms. The molecular formula is C28H30N4O4S2. The molecule has 0 spiro atoms. The lowest BCUT2D eigenvalue weighted by molar-refractivity contribution is 0.0984. The number of methoxy groups -OCH3 is 1. The Morgan fingerprint density at radius 2 is 1.82 bits per heavy atom. The van der Waals surface area contributed by atoms with Gasteiger partial charge >= 0.3 is 0 Å². The molecule has 1 amide bonds. The molecule has 10 heteroatoms. The molecule has 2 aromatic heterocycles. The van der Waals surface area contributed by atoms with Crippen molar-refractivity contribution in [2.24, 2.45) is 0 Å². The molecule has 0 aliphatic heterocycles. The molecule has 1 aliphatic carbocycles. The zero-order valence-electron chi connectivity index (χ0n) is 21.4. The van der Waals surface area contributed by atoms with E-state index in [1.807, 2.05) is 36.4 Å². The van der Waals surface area contributed by atoms with Gasteiger partial charge in [-0.3, -0.25) is 14.7 Å². The van der Waals surface area contributed by atoms with E-state index >= 15 is 0 Å². The summed E-state index contributed by atoms with van der Waals surface area (Å²) in [6, 6.07) is 17.3. The molecule has 0 saturated heterocycles. The van der Waals surface area contributed by atoms with Crippen LogP contribution in [-0.2, 0) is 16.6 Å². The van der Waals surface area contributed by atoms with Gasteiger partial charge in [-0.1, -0.05) is 36.7 Å². The molecule has 0 atom stereocenters. The van der Waals surface area contributed by atoms with Crippen molar-refractivity contribution >= 4 is 42.6 Å². The quantitative estimate of drug-likeness (QED) is 0.288. The van der Waals surface area contributed by atoms with Crippen LogP contribution < -0.4 is 9.64 Å². The Balaban J connectivity index is 1.44. The third-order valence-electron chi connectivity index (χ3n) is 6.97. The van der Waals surface area contributed by atoms with E-state index in [9.17, 15) is 13.2 Å². The van der Waals surface area contributed by atoms with Crippen LogP contribution in [0, 0.1) is 0 Å². The minimum absolute atomic E-state index is 0.0154. The van der Waals surface area contributed by atoms with Gasteiger partial charge in [0.05, 0.1) is 34.5 Å². The summed E-state index contributed by atoms with van der Waals surface area (Å²) in [5.41, 5.74) is 1.85. The summed E-state index contributed by atoms with van der Waals surface area (Å²) in [5.74, 6) is 0.427. The maximum Gasteiger partial charge on any atom is 0.260 e. The summed E-state index contributed by atoms with van der Waals surface area (Å²) in [4.78, 5) is 24.6. The largest absolute Gasteiger partial charge is 0.497 e. The topological polar surface area (TPSA) is 92.7 Å². The van der Waals surface area contributed by atoms with Crippen molar-refractivity contribution < 1.29 is 17.9 Å². The molecule has 5 rings (SSSR count). The van der Waals surface area contributed by atoms with Crippen molar-refractivity contribution in [3.63, 3.8) is 0 Å². The van der Waals surface area contributed by atoms with E-state index in [1.165, 1.54) is 27.8 Å². The summed E-state index contributed by atoms with van der Waals surface area (Å²) >= 11 is 1.39. The zero-order valence-corrected chi connectivity index (χ0v) is 23.0. The first kappa shape index (κ1) is 26.3. The van der Waals surface area contributed by atoms with Gasteiger partial charge in [-0.15, -0.1) is 0 Å². The first-order valence-electron chi connectivity index (χ1n) is 12.6. The molecule has 8 nitrogen and oxygen atoms in total. The number of nitrogens with zero attached hydrogens (tertiary/aromatic N) is 4. The van der Waals surface area contributed by atoms with Crippen LogP contribution >= 0.6 is 11.3 Å². The van der Waals surface area contributed by atoms with Gasteiger partial charge in [0, 0.05) is 24.8 Å². The Labute approximate surface area is 227 Å². The lowest BCUT2D eigenvalue weighted by atomic mass is 9.96. The van der Waals surface area contributed by atoms with E-state index in [4.69, 9.17) is 9.72 Å². The van der Waals surface area contributed by atoms with Gasteiger partial charge in [0.25, 0.3) is 5.91 Å². The number of anilines is 1. The number of aromatic nitrogens is 2. The van der Waals surface area contributed by atoms with Crippen molar-refractivity contribution in [1.82, 2.24) is 14.3 Å². The number of pyridine rings is 1. The average molecular weight is 551 g/mol. The van der Waals surface area contributed by atoms with Crippen LogP contribution in [-0.4, -0.2) is 48.8 Å². The minimum atomic E-state index is -3.65. The molecule has 198 valence electrons. The van der Waals surface area contributed by atoms with Gasteiger partial charge in [0.1, 0.15) is 5.75 Å². The van der Waals surface area contributed by atoms with Crippen LogP contribution in [0.5, 0.6) is 5.75 Å². The van der Waals surface area contributed by atoms with Crippen LogP contribution in [0.25, 0.3) is 10.2 Å². The molecule has 1 saturated carbocycles. The lowest BCUT2D eigenvalue weighted by Gasteiger charge is -2.30. The Hall–Kier alpha value is -3.34. The van der Waals surface area contributed by atoms with E-state index in [-0.39, 0.29) is 23.4 Å². The SMILES string of the molecule is COc1ccc2nc(N(Cc3ccccn3)C(=O)c3ccc(S(=O)(=O)N(C)C4CCCCC4)cc3)sc2c1. The summed E-state index contributed by atoms with van der Waals surface area (Å²) < 4.78 is 34.2. The van der Waals surface area contributed by atoms with Gasteiger partial charge in [-0.25, -0.2) is 13.4 Å². The first-order chi connectivity index (χ1) is 18.4. The fourth-order valence-corrected chi connectivity index (χ4v) is 7.16. The summed E-state index contributed by atoms with van der Waals surface area (Å²) in [7, 11) is -0.388. The predicted octanol–water partition coefficient (Wildman–Crippen LogP) is 5.50. The van der Waals surface area contributed by atoms with Crippen LogP contribution in [0.2, 0.25) is 0 Å². The maximum atomic E-state index is 13.8. The molecule has 2 aromatic carbocycles. The number of hydrogen-bond donors (Lipinski definition) is 0. The van der Waals surface area contributed by atoms with Gasteiger partial charge < -0.3 is 4.74 Å². The number of carbonyl (C=O) groups is 1. The van der Waals surface area contributed by atoms with Gasteiger partial charge in [0.15, 0.2) is 5.13 Å². The second kappa shape index (κ2) is 11.2. The first-order valence-corrected chi connectivity index (χ1v) is 14.9. The van der Waals surface area contributed by atoms with Crippen molar-refractivity contribution in [2.45, 2.75) is 49.6 Å². The molecule has 1 fully saturated rings. The Bertz CT molecular complexity index is 1520.